The minimum Gasteiger partial charge on any atom is -0.392 e. The Hall–Kier alpha value is -1.75. The molecule has 1 rings (SSSR count). The maximum absolute atomic E-state index is 13.2. The summed E-state index contributed by atoms with van der Waals surface area (Å²) in [6.45, 7) is 2.65. The Bertz CT molecular complexity index is 480. The van der Waals surface area contributed by atoms with Crippen LogP contribution in [0.2, 0.25) is 0 Å². The number of allylic oxidation sites excluding steroid dienone is 1. The van der Waals surface area contributed by atoms with Crippen LogP contribution in [0.15, 0.2) is 29.6 Å². The summed E-state index contributed by atoms with van der Waals surface area (Å²) < 4.78 is 26.3. The van der Waals surface area contributed by atoms with Crippen molar-refractivity contribution in [2.24, 2.45) is 0 Å². The molecule has 0 unspecified atom stereocenters. The normalized spacial score (nSPS) is 10.1. The van der Waals surface area contributed by atoms with Gasteiger partial charge in [0.2, 0.25) is 0 Å². The van der Waals surface area contributed by atoms with Gasteiger partial charge in [0.05, 0.1) is 6.61 Å². The molecule has 0 saturated carbocycles. The maximum Gasteiger partial charge on any atom is 0.280 e. The highest BCUT2D eigenvalue weighted by Crippen LogP contribution is 2.11. The number of halogens is 2. The summed E-state index contributed by atoms with van der Waals surface area (Å²) in [6, 6.07) is 4.09. The lowest BCUT2D eigenvalue weighted by Gasteiger charge is -2.07. The number of aliphatic hydroxyl groups excluding tert-OH is 1. The van der Waals surface area contributed by atoms with Crippen LogP contribution in [-0.4, -0.2) is 11.0 Å². The maximum atomic E-state index is 13.2. The summed E-state index contributed by atoms with van der Waals surface area (Å²) in [4.78, 5) is 11.3. The monoisotopic (exact) mass is 255 g/mol. The molecule has 1 aromatic rings. The second-order valence-corrected chi connectivity index (χ2v) is 4.08. The lowest BCUT2D eigenvalue weighted by molar-refractivity contribution is -0.119. The number of hydrogen-bond acceptors (Lipinski definition) is 2. The Kier molecular flexibility index (Phi) is 4.97. The molecule has 0 bridgehead atoms. The van der Waals surface area contributed by atoms with Crippen molar-refractivity contribution in [3.63, 3.8) is 0 Å². The van der Waals surface area contributed by atoms with Gasteiger partial charge in [-0.3, -0.25) is 4.79 Å². The van der Waals surface area contributed by atoms with Gasteiger partial charge in [0.1, 0.15) is 5.82 Å². The number of rotatable bonds is 4. The van der Waals surface area contributed by atoms with E-state index in [1.165, 1.54) is 32.0 Å². The van der Waals surface area contributed by atoms with Crippen LogP contribution in [0.5, 0.6) is 0 Å². The molecule has 98 valence electrons. The number of amides is 1. The van der Waals surface area contributed by atoms with E-state index in [0.717, 1.165) is 0 Å². The van der Waals surface area contributed by atoms with Crippen LogP contribution in [0.25, 0.3) is 0 Å². The van der Waals surface area contributed by atoms with Crippen molar-refractivity contribution in [2.45, 2.75) is 27.0 Å². The van der Waals surface area contributed by atoms with Crippen LogP contribution in [-0.2, 0) is 17.9 Å². The fourth-order valence-corrected chi connectivity index (χ4v) is 1.35. The molecule has 0 aliphatic rings. The highest BCUT2D eigenvalue weighted by Gasteiger charge is 2.10. The number of aliphatic hydroxyl groups is 1. The summed E-state index contributed by atoms with van der Waals surface area (Å²) in [7, 11) is 0. The number of nitrogens with one attached hydrogen (secondary N) is 1. The fourth-order valence-electron chi connectivity index (χ4n) is 1.35. The minimum atomic E-state index is -0.820. The third-order valence-corrected chi connectivity index (χ3v) is 2.37. The third kappa shape index (κ3) is 3.63. The van der Waals surface area contributed by atoms with Gasteiger partial charge in [-0.05, 0) is 37.1 Å². The Morgan fingerprint density at radius 2 is 2.06 bits per heavy atom. The standard InChI is InChI=1S/C13H15F2NO2/c1-8(2)12(15)13(18)16-6-9-3-4-11(14)10(5-9)7-17/h3-5,17H,6-7H2,1-2H3,(H,16,18). The van der Waals surface area contributed by atoms with Gasteiger partial charge in [-0.1, -0.05) is 6.07 Å². The van der Waals surface area contributed by atoms with E-state index < -0.39 is 24.2 Å². The smallest absolute Gasteiger partial charge is 0.280 e. The van der Waals surface area contributed by atoms with E-state index in [9.17, 15) is 13.6 Å². The van der Waals surface area contributed by atoms with Crippen molar-refractivity contribution in [1.29, 1.82) is 0 Å². The van der Waals surface area contributed by atoms with Gasteiger partial charge in [0.15, 0.2) is 5.83 Å². The first-order valence-corrected chi connectivity index (χ1v) is 5.45. The molecule has 0 heterocycles. The zero-order valence-electron chi connectivity index (χ0n) is 10.3. The van der Waals surface area contributed by atoms with E-state index in [1.54, 1.807) is 0 Å². The average Bonchev–Trinajstić information content (AvgIpc) is 2.36. The number of carbonyl (C=O) groups is 1. The van der Waals surface area contributed by atoms with E-state index in [2.05, 4.69) is 5.32 Å². The van der Waals surface area contributed by atoms with Crippen molar-refractivity contribution >= 4 is 5.91 Å². The molecular formula is C13H15F2NO2. The van der Waals surface area contributed by atoms with Gasteiger partial charge in [0.25, 0.3) is 5.91 Å². The van der Waals surface area contributed by atoms with Gasteiger partial charge in [-0.15, -0.1) is 0 Å². The second kappa shape index (κ2) is 6.26. The van der Waals surface area contributed by atoms with Gasteiger partial charge in [0, 0.05) is 12.1 Å². The van der Waals surface area contributed by atoms with Crippen LogP contribution in [0.3, 0.4) is 0 Å². The number of carbonyl (C=O) groups excluding carboxylic acids is 1. The molecule has 1 amide bonds. The van der Waals surface area contributed by atoms with Gasteiger partial charge in [-0.2, -0.15) is 0 Å². The van der Waals surface area contributed by atoms with E-state index in [0.29, 0.717) is 11.1 Å². The molecule has 0 radical (unpaired) electrons. The molecule has 3 nitrogen and oxygen atoms in total. The van der Waals surface area contributed by atoms with E-state index in [4.69, 9.17) is 5.11 Å². The number of hydrogen-bond donors (Lipinski definition) is 2. The van der Waals surface area contributed by atoms with Crippen molar-refractivity contribution < 1.29 is 18.7 Å². The van der Waals surface area contributed by atoms with Crippen LogP contribution in [0.4, 0.5) is 8.78 Å². The van der Waals surface area contributed by atoms with Crippen LogP contribution in [0, 0.1) is 5.82 Å². The van der Waals surface area contributed by atoms with Crippen molar-refractivity contribution in [1.82, 2.24) is 5.32 Å². The summed E-state index contributed by atoms with van der Waals surface area (Å²) in [6.07, 6.45) is 0. The van der Waals surface area contributed by atoms with Crippen molar-refractivity contribution in [3.05, 3.63) is 46.5 Å². The Balaban J connectivity index is 2.70. The molecule has 0 spiro atoms. The zero-order chi connectivity index (χ0) is 13.7. The van der Waals surface area contributed by atoms with Gasteiger partial charge >= 0.3 is 0 Å². The minimum absolute atomic E-state index is 0.0762. The average molecular weight is 255 g/mol. The molecule has 1 aromatic carbocycles. The summed E-state index contributed by atoms with van der Waals surface area (Å²) in [5.74, 6) is -2.13. The Morgan fingerprint density at radius 1 is 1.39 bits per heavy atom. The van der Waals surface area contributed by atoms with Gasteiger partial charge in [-0.25, -0.2) is 8.78 Å². The van der Waals surface area contributed by atoms with Crippen LogP contribution < -0.4 is 5.32 Å². The van der Waals surface area contributed by atoms with E-state index >= 15 is 0 Å². The first-order chi connectivity index (χ1) is 8.45. The summed E-state index contributed by atoms with van der Waals surface area (Å²) in [5, 5.41) is 11.3. The largest absolute Gasteiger partial charge is 0.392 e. The highest BCUT2D eigenvalue weighted by molar-refractivity contribution is 5.91. The first kappa shape index (κ1) is 14.3. The SMILES string of the molecule is CC(C)=C(F)C(=O)NCc1ccc(F)c(CO)c1. The molecule has 2 N–H and O–H groups in total. The fraction of sp³-hybridized carbons (Fsp3) is 0.308. The Morgan fingerprint density at radius 3 is 2.61 bits per heavy atom. The molecule has 5 heteroatoms. The van der Waals surface area contributed by atoms with Crippen LogP contribution in [0.1, 0.15) is 25.0 Å². The van der Waals surface area contributed by atoms with E-state index in [1.807, 2.05) is 0 Å². The molecule has 0 atom stereocenters. The topological polar surface area (TPSA) is 49.3 Å². The quantitative estimate of drug-likeness (QED) is 0.810. The third-order valence-electron chi connectivity index (χ3n) is 2.37. The molecule has 0 saturated heterocycles. The van der Waals surface area contributed by atoms with E-state index in [-0.39, 0.29) is 12.1 Å². The zero-order valence-corrected chi connectivity index (χ0v) is 10.3. The summed E-state index contributed by atoms with van der Waals surface area (Å²) >= 11 is 0. The molecule has 0 aliphatic heterocycles. The molecule has 0 aliphatic carbocycles. The predicted molar refractivity (Wildman–Crippen MR) is 63.7 cm³/mol. The Labute approximate surface area is 104 Å². The van der Waals surface area contributed by atoms with Crippen LogP contribution >= 0.6 is 0 Å². The molecular weight excluding hydrogens is 240 g/mol. The molecule has 0 fully saturated rings. The molecule has 0 aromatic heterocycles. The predicted octanol–water partition coefficient (Wildman–Crippen LogP) is 2.20. The molecule has 18 heavy (non-hydrogen) atoms. The summed E-state index contributed by atoms with van der Waals surface area (Å²) in [5.41, 5.74) is 1.03. The number of benzene rings is 1. The highest BCUT2D eigenvalue weighted by atomic mass is 19.1. The van der Waals surface area contributed by atoms with Gasteiger partial charge < -0.3 is 10.4 Å². The lowest BCUT2D eigenvalue weighted by atomic mass is 10.1. The first-order valence-electron chi connectivity index (χ1n) is 5.45. The lowest BCUT2D eigenvalue weighted by Crippen LogP contribution is -2.23. The second-order valence-electron chi connectivity index (χ2n) is 4.08. The van der Waals surface area contributed by atoms with Crippen molar-refractivity contribution in [2.75, 3.05) is 0 Å². The van der Waals surface area contributed by atoms with Crippen molar-refractivity contribution in [3.8, 4) is 0 Å².